The van der Waals surface area contributed by atoms with E-state index in [9.17, 15) is 24.3 Å². The minimum atomic E-state index is -1.16. The number of aliphatic carboxylic acids is 1. The molecular weight excluding hydrogens is 642 g/mol. The molecule has 6 atom stereocenters. The molecule has 16 heteroatoms. The molecule has 2 aliphatic rings. The van der Waals surface area contributed by atoms with Crippen LogP contribution < -0.4 is 54.0 Å². The molecule has 280 valence electrons. The molecule has 1 aliphatic heterocycles. The van der Waals surface area contributed by atoms with E-state index in [1.165, 1.54) is 31.4 Å². The Labute approximate surface area is 295 Å². The molecule has 3 unspecified atom stereocenters. The van der Waals surface area contributed by atoms with Crippen LogP contribution in [0.5, 0.6) is 0 Å². The van der Waals surface area contributed by atoms with E-state index in [-0.39, 0.29) is 29.9 Å². The van der Waals surface area contributed by atoms with E-state index in [4.69, 9.17) is 11.5 Å². The summed E-state index contributed by atoms with van der Waals surface area (Å²) in [6, 6.07) is 7.01. The number of guanidine groups is 1. The van der Waals surface area contributed by atoms with Crippen molar-refractivity contribution in [3.8, 4) is 0 Å². The summed E-state index contributed by atoms with van der Waals surface area (Å²) in [7, 11) is 0. The lowest BCUT2D eigenvalue weighted by Crippen LogP contribution is -2.54. The second-order valence-corrected chi connectivity index (χ2v) is 13.5. The number of rotatable bonds is 13. The van der Waals surface area contributed by atoms with Crippen LogP contribution >= 0.6 is 0 Å². The molecule has 13 N–H and O–H groups in total. The zero-order valence-electron chi connectivity index (χ0n) is 29.6. The van der Waals surface area contributed by atoms with E-state index in [1.54, 1.807) is 12.1 Å². The first-order valence-corrected chi connectivity index (χ1v) is 17.9. The molecule has 2 fully saturated rings. The number of aliphatic imine (C=N–C) groups is 1. The number of carbonyl (C=O) groups excluding carboxylic acids is 3. The van der Waals surface area contributed by atoms with Gasteiger partial charge in [0.2, 0.25) is 11.8 Å². The van der Waals surface area contributed by atoms with Crippen LogP contribution in [0.4, 0.5) is 5.69 Å². The fraction of sp³-hybridized carbons (Fsp3) is 0.676. The zero-order valence-corrected chi connectivity index (χ0v) is 29.6. The van der Waals surface area contributed by atoms with Crippen LogP contribution in [0.15, 0.2) is 29.3 Å². The van der Waals surface area contributed by atoms with Crippen LogP contribution in [0.25, 0.3) is 0 Å². The van der Waals surface area contributed by atoms with Crippen LogP contribution in [0.2, 0.25) is 0 Å². The predicted octanol–water partition coefficient (Wildman–Crippen LogP) is -1.01. The van der Waals surface area contributed by atoms with Crippen molar-refractivity contribution in [3.63, 3.8) is 0 Å². The Bertz CT molecular complexity index is 1260. The quantitative estimate of drug-likeness (QED) is 0.0673. The average Bonchev–Trinajstić information content (AvgIpc) is 3.07. The number of nitrogens with zero attached hydrogens (tertiary/aromatic N) is 1. The molecule has 0 spiro atoms. The first-order chi connectivity index (χ1) is 24.0. The van der Waals surface area contributed by atoms with Crippen molar-refractivity contribution >= 4 is 35.3 Å². The topological polar surface area (TPSA) is 249 Å². The maximum atomic E-state index is 12.8. The van der Waals surface area contributed by atoms with Crippen LogP contribution in [-0.2, 0) is 14.4 Å². The number of hydrogen-bond donors (Lipinski definition) is 11. The lowest BCUT2D eigenvalue weighted by Gasteiger charge is -2.34. The fourth-order valence-corrected chi connectivity index (χ4v) is 6.30. The van der Waals surface area contributed by atoms with Gasteiger partial charge in [-0.05, 0) is 57.7 Å². The van der Waals surface area contributed by atoms with Crippen molar-refractivity contribution in [3.05, 3.63) is 29.8 Å². The van der Waals surface area contributed by atoms with E-state index in [0.29, 0.717) is 36.4 Å². The first-order valence-electron chi connectivity index (χ1n) is 17.9. The van der Waals surface area contributed by atoms with E-state index in [2.05, 4.69) is 61.4 Å². The number of amides is 3. The van der Waals surface area contributed by atoms with E-state index < -0.39 is 36.8 Å². The standard InChI is InChI=1S/C34H59N11O5/c1-22-18-40-23(2)19-41-26(20-42-29-11-4-3-10-28(29)38-14-13-37-22)9-6-12-39-30(46)16-27(17-32(48)49)44-31(47)21-43-33(50)24-7-5-8-25(15-24)45-34(35)36/h5,7-8,15,22-23,26-29,37-38,40-42H,3-4,6,9-14,16-21H2,1-2H3,(H,39,46)(H,43,50)(H,44,47)(H,48,49)(H4,35,36,45)/t22-,23-,26?,27?,28+,29?/m0/s1. The lowest BCUT2D eigenvalue weighted by atomic mass is 9.90. The summed E-state index contributed by atoms with van der Waals surface area (Å²) in [6.45, 7) is 8.79. The maximum absolute atomic E-state index is 12.8. The number of hydrogen-bond acceptors (Lipinski definition) is 10. The van der Waals surface area contributed by atoms with Crippen LogP contribution in [0.3, 0.4) is 0 Å². The third-order valence-corrected chi connectivity index (χ3v) is 8.95. The van der Waals surface area contributed by atoms with Gasteiger partial charge in [0.05, 0.1) is 18.7 Å². The van der Waals surface area contributed by atoms with Crippen molar-refractivity contribution in [2.24, 2.45) is 16.5 Å². The molecule has 1 heterocycles. The molecule has 1 saturated carbocycles. The highest BCUT2D eigenvalue weighted by Gasteiger charge is 2.25. The van der Waals surface area contributed by atoms with Gasteiger partial charge in [-0.3, -0.25) is 19.2 Å². The van der Waals surface area contributed by atoms with Crippen LogP contribution in [-0.4, -0.2) is 117 Å². The van der Waals surface area contributed by atoms with Gasteiger partial charge >= 0.3 is 5.97 Å². The molecule has 3 rings (SSSR count). The summed E-state index contributed by atoms with van der Waals surface area (Å²) >= 11 is 0. The molecular formula is C34H59N11O5. The smallest absolute Gasteiger partial charge is 0.305 e. The number of carboxylic acid groups (broad SMARTS) is 1. The predicted molar refractivity (Wildman–Crippen MR) is 194 cm³/mol. The second kappa shape index (κ2) is 22.1. The van der Waals surface area contributed by atoms with Gasteiger partial charge in [-0.25, -0.2) is 4.99 Å². The SMILES string of the molecule is C[C@H]1CNC(CCCNC(=O)CC(CC(=O)O)NC(=O)CNC(=O)c2cccc(N=C(N)N)c2)CNC2CCCC[C@H]2NCCN[C@@H](C)CN1. The van der Waals surface area contributed by atoms with Gasteiger partial charge in [0.15, 0.2) is 5.96 Å². The number of fused-ring (bicyclic) bond motifs is 1. The molecule has 1 aromatic carbocycles. The van der Waals surface area contributed by atoms with Crippen molar-refractivity contribution < 1.29 is 24.3 Å². The molecule has 1 aliphatic carbocycles. The Balaban J connectivity index is 1.46. The minimum absolute atomic E-state index is 0.160. The molecule has 1 aromatic rings. The number of carbonyl (C=O) groups is 4. The number of benzene rings is 1. The summed E-state index contributed by atoms with van der Waals surface area (Å²) in [5, 5.41) is 35.8. The first kappa shape index (κ1) is 40.6. The Kier molecular flexibility index (Phi) is 17.9. The molecule has 1 saturated heterocycles. The monoisotopic (exact) mass is 701 g/mol. The average molecular weight is 702 g/mol. The van der Waals surface area contributed by atoms with Gasteiger partial charge < -0.3 is 59.1 Å². The fourth-order valence-electron chi connectivity index (χ4n) is 6.30. The van der Waals surface area contributed by atoms with Gasteiger partial charge in [-0.2, -0.15) is 0 Å². The summed E-state index contributed by atoms with van der Waals surface area (Å²) in [5.41, 5.74) is 11.4. The largest absolute Gasteiger partial charge is 0.481 e. The minimum Gasteiger partial charge on any atom is -0.481 e. The summed E-state index contributed by atoms with van der Waals surface area (Å²) in [6.07, 6.45) is 5.71. The summed E-state index contributed by atoms with van der Waals surface area (Å²) in [4.78, 5) is 53.3. The lowest BCUT2D eigenvalue weighted by molar-refractivity contribution is -0.137. The third kappa shape index (κ3) is 16.3. The van der Waals surface area contributed by atoms with Crippen LogP contribution in [0, 0.1) is 0 Å². The number of nitrogens with one attached hydrogen (secondary N) is 8. The van der Waals surface area contributed by atoms with Crippen molar-refractivity contribution in [1.82, 2.24) is 42.5 Å². The zero-order chi connectivity index (χ0) is 36.3. The molecule has 50 heavy (non-hydrogen) atoms. The Morgan fingerprint density at radius 1 is 0.880 bits per heavy atom. The van der Waals surface area contributed by atoms with Gasteiger partial charge in [0.1, 0.15) is 0 Å². The third-order valence-electron chi connectivity index (χ3n) is 8.95. The van der Waals surface area contributed by atoms with Gasteiger partial charge in [0, 0.05) is 87.5 Å². The molecule has 0 bridgehead atoms. The van der Waals surface area contributed by atoms with Gasteiger partial charge in [-0.1, -0.05) is 18.9 Å². The van der Waals surface area contributed by atoms with Crippen molar-refractivity contribution in [2.75, 3.05) is 45.8 Å². The Morgan fingerprint density at radius 2 is 1.58 bits per heavy atom. The maximum Gasteiger partial charge on any atom is 0.305 e. The van der Waals surface area contributed by atoms with E-state index in [0.717, 1.165) is 52.0 Å². The summed E-state index contributed by atoms with van der Waals surface area (Å²) in [5.74, 6) is -2.84. The van der Waals surface area contributed by atoms with E-state index >= 15 is 0 Å². The number of carboxylic acids is 1. The summed E-state index contributed by atoms with van der Waals surface area (Å²) < 4.78 is 0. The Morgan fingerprint density at radius 3 is 2.32 bits per heavy atom. The van der Waals surface area contributed by atoms with E-state index in [1.807, 2.05) is 0 Å². The van der Waals surface area contributed by atoms with Gasteiger partial charge in [0.25, 0.3) is 5.91 Å². The molecule has 0 radical (unpaired) electrons. The Hall–Kier alpha value is -3.83. The van der Waals surface area contributed by atoms with Crippen molar-refractivity contribution in [1.29, 1.82) is 0 Å². The van der Waals surface area contributed by atoms with Crippen LogP contribution in [0.1, 0.15) is 75.6 Å². The molecule has 0 aromatic heterocycles. The number of nitrogens with two attached hydrogens (primary N) is 2. The molecule has 3 amide bonds. The van der Waals surface area contributed by atoms with Crippen molar-refractivity contribution in [2.45, 2.75) is 101 Å². The highest BCUT2D eigenvalue weighted by Crippen LogP contribution is 2.19. The molecule has 16 nitrogen and oxygen atoms in total. The highest BCUT2D eigenvalue weighted by molar-refractivity contribution is 5.97. The highest BCUT2D eigenvalue weighted by atomic mass is 16.4. The second-order valence-electron chi connectivity index (χ2n) is 13.5. The normalized spacial score (nSPS) is 24.2. The van der Waals surface area contributed by atoms with Gasteiger partial charge in [-0.15, -0.1) is 0 Å².